The number of aryl methyl sites for hydroxylation is 1. The number of nitrogens with zero attached hydrogens (tertiary/aromatic N) is 1. The Morgan fingerprint density at radius 2 is 1.88 bits per heavy atom. The van der Waals surface area contributed by atoms with Crippen LogP contribution in [0.2, 0.25) is 0 Å². The van der Waals surface area contributed by atoms with Crippen molar-refractivity contribution in [2.45, 2.75) is 26.2 Å². The molecule has 0 aliphatic carbocycles. The van der Waals surface area contributed by atoms with Gasteiger partial charge < -0.3 is 10.1 Å². The van der Waals surface area contributed by atoms with Crippen molar-refractivity contribution in [3.8, 4) is 5.75 Å². The van der Waals surface area contributed by atoms with E-state index in [0.717, 1.165) is 18.6 Å². The summed E-state index contributed by atoms with van der Waals surface area (Å²) in [6, 6.07) is 14.2. The molecular formula is C19H22N2O4. The van der Waals surface area contributed by atoms with Crippen molar-refractivity contribution in [1.82, 2.24) is 5.32 Å². The predicted octanol–water partition coefficient (Wildman–Crippen LogP) is 3.29. The number of nitro groups is 1. The molecule has 6 heteroatoms. The lowest BCUT2D eigenvalue weighted by molar-refractivity contribution is -0.385. The van der Waals surface area contributed by atoms with Crippen LogP contribution in [0.3, 0.4) is 0 Å². The molecule has 0 atom stereocenters. The van der Waals surface area contributed by atoms with E-state index < -0.39 is 4.92 Å². The molecule has 0 bridgehead atoms. The zero-order chi connectivity index (χ0) is 18.1. The van der Waals surface area contributed by atoms with Crippen LogP contribution in [0.1, 0.15) is 24.5 Å². The van der Waals surface area contributed by atoms with Crippen molar-refractivity contribution in [2.75, 3.05) is 13.2 Å². The van der Waals surface area contributed by atoms with Crippen molar-refractivity contribution >= 4 is 11.6 Å². The van der Waals surface area contributed by atoms with E-state index >= 15 is 0 Å². The Morgan fingerprint density at radius 1 is 1.16 bits per heavy atom. The van der Waals surface area contributed by atoms with Crippen LogP contribution in [0.5, 0.6) is 5.75 Å². The fourth-order valence-electron chi connectivity index (χ4n) is 2.47. The van der Waals surface area contributed by atoms with E-state index in [1.807, 2.05) is 24.3 Å². The summed E-state index contributed by atoms with van der Waals surface area (Å²) < 4.78 is 5.58. The Bertz CT molecular complexity index is 714. The van der Waals surface area contributed by atoms with Gasteiger partial charge in [-0.15, -0.1) is 0 Å². The molecule has 0 aliphatic heterocycles. The van der Waals surface area contributed by atoms with Crippen LogP contribution >= 0.6 is 0 Å². The number of nitro benzene ring substituents is 1. The highest BCUT2D eigenvalue weighted by Crippen LogP contribution is 2.18. The third-order valence-electron chi connectivity index (χ3n) is 3.69. The molecule has 0 unspecified atom stereocenters. The van der Waals surface area contributed by atoms with E-state index in [1.54, 1.807) is 18.2 Å². The first-order valence-corrected chi connectivity index (χ1v) is 8.31. The molecule has 0 spiro atoms. The molecular weight excluding hydrogens is 320 g/mol. The lowest BCUT2D eigenvalue weighted by Crippen LogP contribution is -2.29. The highest BCUT2D eigenvalue weighted by Gasteiger charge is 2.15. The predicted molar refractivity (Wildman–Crippen MR) is 95.7 cm³/mol. The summed E-state index contributed by atoms with van der Waals surface area (Å²) in [7, 11) is 0. The lowest BCUT2D eigenvalue weighted by atomic mass is 10.1. The molecule has 25 heavy (non-hydrogen) atoms. The Balaban J connectivity index is 1.75. The van der Waals surface area contributed by atoms with Gasteiger partial charge in [0.05, 0.1) is 17.9 Å². The highest BCUT2D eigenvalue weighted by atomic mass is 16.6. The number of hydrogen-bond donors (Lipinski definition) is 1. The highest BCUT2D eigenvalue weighted by molar-refractivity contribution is 5.79. The number of amides is 1. The van der Waals surface area contributed by atoms with Gasteiger partial charge in [-0.2, -0.15) is 0 Å². The van der Waals surface area contributed by atoms with Crippen molar-refractivity contribution in [3.05, 3.63) is 69.8 Å². The standard InChI is InChI=1S/C19H22N2O4/c1-2-5-15-8-10-17(11-9-15)25-13-12-20-19(22)14-16-6-3-4-7-18(16)21(23)24/h3-4,6-11H,2,5,12-14H2,1H3,(H,20,22). The molecule has 0 aliphatic rings. The molecule has 0 radical (unpaired) electrons. The lowest BCUT2D eigenvalue weighted by Gasteiger charge is -2.09. The Kier molecular flexibility index (Phi) is 6.95. The van der Waals surface area contributed by atoms with E-state index in [1.165, 1.54) is 11.6 Å². The van der Waals surface area contributed by atoms with Crippen LogP contribution in [0, 0.1) is 10.1 Å². The fourth-order valence-corrected chi connectivity index (χ4v) is 2.47. The SMILES string of the molecule is CCCc1ccc(OCCNC(=O)Cc2ccccc2[N+](=O)[O-])cc1. The number of para-hydroxylation sites is 1. The van der Waals surface area contributed by atoms with Crippen molar-refractivity contribution in [2.24, 2.45) is 0 Å². The normalized spacial score (nSPS) is 10.3. The van der Waals surface area contributed by atoms with Gasteiger partial charge in [0, 0.05) is 11.6 Å². The molecule has 0 saturated heterocycles. The first-order valence-electron chi connectivity index (χ1n) is 8.31. The van der Waals surface area contributed by atoms with Gasteiger partial charge in [0.1, 0.15) is 12.4 Å². The minimum Gasteiger partial charge on any atom is -0.492 e. The van der Waals surface area contributed by atoms with E-state index in [4.69, 9.17) is 4.74 Å². The van der Waals surface area contributed by atoms with Crippen LogP contribution in [0.4, 0.5) is 5.69 Å². The van der Waals surface area contributed by atoms with Crippen LogP contribution in [0.15, 0.2) is 48.5 Å². The average Bonchev–Trinajstić information content (AvgIpc) is 2.60. The summed E-state index contributed by atoms with van der Waals surface area (Å²) >= 11 is 0. The molecule has 132 valence electrons. The first-order chi connectivity index (χ1) is 12.1. The summed E-state index contributed by atoms with van der Waals surface area (Å²) in [5.74, 6) is 0.490. The van der Waals surface area contributed by atoms with Crippen molar-refractivity contribution < 1.29 is 14.5 Å². The second-order valence-corrected chi connectivity index (χ2v) is 5.65. The van der Waals surface area contributed by atoms with Crippen LogP contribution < -0.4 is 10.1 Å². The van der Waals surface area contributed by atoms with Gasteiger partial charge in [-0.3, -0.25) is 14.9 Å². The molecule has 2 rings (SSSR count). The van der Waals surface area contributed by atoms with Crippen molar-refractivity contribution in [3.63, 3.8) is 0 Å². The number of carbonyl (C=O) groups is 1. The Labute approximate surface area is 147 Å². The molecule has 0 saturated carbocycles. The van der Waals surface area contributed by atoms with Gasteiger partial charge in [0.25, 0.3) is 5.69 Å². The molecule has 2 aromatic carbocycles. The van der Waals surface area contributed by atoms with Gasteiger partial charge in [-0.1, -0.05) is 43.7 Å². The van der Waals surface area contributed by atoms with Crippen LogP contribution in [-0.2, 0) is 17.6 Å². The van der Waals surface area contributed by atoms with Crippen molar-refractivity contribution in [1.29, 1.82) is 0 Å². The van der Waals surface area contributed by atoms with Gasteiger partial charge in [-0.25, -0.2) is 0 Å². The molecule has 0 aromatic heterocycles. The number of rotatable bonds is 9. The number of benzene rings is 2. The van der Waals surface area contributed by atoms with E-state index in [0.29, 0.717) is 18.7 Å². The largest absolute Gasteiger partial charge is 0.492 e. The molecule has 1 N–H and O–H groups in total. The topological polar surface area (TPSA) is 81.5 Å². The third kappa shape index (κ3) is 5.91. The summed E-state index contributed by atoms with van der Waals surface area (Å²) in [6.07, 6.45) is 2.12. The van der Waals surface area contributed by atoms with Gasteiger partial charge in [0.2, 0.25) is 5.91 Å². The maximum atomic E-state index is 11.9. The van der Waals surface area contributed by atoms with Gasteiger partial charge in [-0.05, 0) is 24.1 Å². The number of hydrogen-bond acceptors (Lipinski definition) is 4. The number of nitrogens with one attached hydrogen (secondary N) is 1. The van der Waals surface area contributed by atoms with Gasteiger partial charge >= 0.3 is 0 Å². The molecule has 0 heterocycles. The summed E-state index contributed by atoms with van der Waals surface area (Å²) in [6.45, 7) is 2.82. The second-order valence-electron chi connectivity index (χ2n) is 5.65. The number of carbonyl (C=O) groups excluding carboxylic acids is 1. The Hall–Kier alpha value is -2.89. The smallest absolute Gasteiger partial charge is 0.273 e. The van der Waals surface area contributed by atoms with E-state index in [-0.39, 0.29) is 18.0 Å². The van der Waals surface area contributed by atoms with Crippen LogP contribution in [0.25, 0.3) is 0 Å². The zero-order valence-corrected chi connectivity index (χ0v) is 14.2. The monoisotopic (exact) mass is 342 g/mol. The second kappa shape index (κ2) is 9.42. The summed E-state index contributed by atoms with van der Waals surface area (Å²) in [5, 5.41) is 13.7. The number of ether oxygens (including phenoxy) is 1. The first kappa shape index (κ1) is 18.4. The van der Waals surface area contributed by atoms with Gasteiger partial charge in [0.15, 0.2) is 0 Å². The summed E-state index contributed by atoms with van der Waals surface area (Å²) in [4.78, 5) is 22.4. The van der Waals surface area contributed by atoms with Crippen LogP contribution in [-0.4, -0.2) is 24.0 Å². The molecule has 2 aromatic rings. The summed E-state index contributed by atoms with van der Waals surface area (Å²) in [5.41, 5.74) is 1.63. The van der Waals surface area contributed by atoms with E-state index in [2.05, 4.69) is 12.2 Å². The molecule has 0 fully saturated rings. The fraction of sp³-hybridized carbons (Fsp3) is 0.316. The molecule has 1 amide bonds. The minimum absolute atomic E-state index is 0.0249. The van der Waals surface area contributed by atoms with E-state index in [9.17, 15) is 14.9 Å². The average molecular weight is 342 g/mol. The Morgan fingerprint density at radius 3 is 2.56 bits per heavy atom. The maximum Gasteiger partial charge on any atom is 0.273 e. The maximum absolute atomic E-state index is 11.9. The third-order valence-corrected chi connectivity index (χ3v) is 3.69. The minimum atomic E-state index is -0.478. The quantitative estimate of drug-likeness (QED) is 0.431. The zero-order valence-electron chi connectivity index (χ0n) is 14.2. The molecule has 6 nitrogen and oxygen atoms in total.